The Labute approximate surface area is 74.8 Å². The standard InChI is InChI=1S/C8H6ClNS/c9-5-2-1-3-6-8(5)7(11)4-10-6/h1-4,10-11H. The van der Waals surface area contributed by atoms with Gasteiger partial charge in [-0.25, -0.2) is 0 Å². The van der Waals surface area contributed by atoms with Gasteiger partial charge in [0.2, 0.25) is 0 Å². The number of thiol groups is 1. The van der Waals surface area contributed by atoms with Crippen LogP contribution in [0.2, 0.25) is 5.02 Å². The van der Waals surface area contributed by atoms with Crippen LogP contribution in [-0.2, 0) is 0 Å². The number of H-pyrrole nitrogens is 1. The molecule has 2 rings (SSSR count). The number of benzene rings is 1. The zero-order chi connectivity index (χ0) is 7.84. The molecule has 0 saturated heterocycles. The molecule has 0 radical (unpaired) electrons. The van der Waals surface area contributed by atoms with Gasteiger partial charge < -0.3 is 4.98 Å². The molecule has 0 aliphatic carbocycles. The average molecular weight is 184 g/mol. The molecule has 1 heterocycles. The van der Waals surface area contributed by atoms with E-state index in [0.717, 1.165) is 20.8 Å². The van der Waals surface area contributed by atoms with Crippen LogP contribution in [0, 0.1) is 0 Å². The molecule has 0 saturated carbocycles. The van der Waals surface area contributed by atoms with E-state index in [2.05, 4.69) is 17.6 Å². The van der Waals surface area contributed by atoms with Crippen molar-refractivity contribution in [2.24, 2.45) is 0 Å². The van der Waals surface area contributed by atoms with Crippen molar-refractivity contribution in [3.8, 4) is 0 Å². The monoisotopic (exact) mass is 183 g/mol. The van der Waals surface area contributed by atoms with Gasteiger partial charge in [0.05, 0.1) is 5.02 Å². The van der Waals surface area contributed by atoms with E-state index in [1.54, 1.807) is 0 Å². The Morgan fingerprint density at radius 3 is 2.91 bits per heavy atom. The number of aromatic amines is 1. The molecular formula is C8H6ClNS. The van der Waals surface area contributed by atoms with Crippen LogP contribution in [0.1, 0.15) is 0 Å². The van der Waals surface area contributed by atoms with Crippen LogP contribution < -0.4 is 0 Å². The minimum atomic E-state index is 0.744. The highest BCUT2D eigenvalue weighted by molar-refractivity contribution is 7.80. The fourth-order valence-electron chi connectivity index (χ4n) is 1.12. The molecular weight excluding hydrogens is 178 g/mol. The van der Waals surface area contributed by atoms with Crippen LogP contribution in [0.5, 0.6) is 0 Å². The van der Waals surface area contributed by atoms with Crippen molar-refractivity contribution in [2.45, 2.75) is 4.90 Å². The first kappa shape index (κ1) is 7.07. The van der Waals surface area contributed by atoms with Crippen molar-refractivity contribution in [1.82, 2.24) is 4.98 Å². The highest BCUT2D eigenvalue weighted by Gasteiger charge is 2.02. The van der Waals surface area contributed by atoms with Crippen molar-refractivity contribution >= 4 is 35.1 Å². The van der Waals surface area contributed by atoms with Crippen molar-refractivity contribution < 1.29 is 0 Å². The Bertz CT molecular complexity index is 394. The van der Waals surface area contributed by atoms with E-state index in [4.69, 9.17) is 11.6 Å². The van der Waals surface area contributed by atoms with Gasteiger partial charge in [-0.2, -0.15) is 0 Å². The fourth-order valence-corrected chi connectivity index (χ4v) is 1.77. The Kier molecular flexibility index (Phi) is 1.59. The highest BCUT2D eigenvalue weighted by Crippen LogP contribution is 2.28. The maximum atomic E-state index is 5.93. The molecule has 0 fully saturated rings. The summed E-state index contributed by atoms with van der Waals surface area (Å²) in [6, 6.07) is 5.74. The molecule has 3 heteroatoms. The summed E-state index contributed by atoms with van der Waals surface area (Å²) in [6.07, 6.45) is 1.83. The Hall–Kier alpha value is -0.600. The molecule has 0 bridgehead atoms. The van der Waals surface area contributed by atoms with Crippen molar-refractivity contribution in [1.29, 1.82) is 0 Å². The van der Waals surface area contributed by atoms with E-state index in [-0.39, 0.29) is 0 Å². The first-order valence-electron chi connectivity index (χ1n) is 3.23. The minimum Gasteiger partial charge on any atom is -0.360 e. The normalized spacial score (nSPS) is 10.7. The summed E-state index contributed by atoms with van der Waals surface area (Å²) in [4.78, 5) is 3.96. The zero-order valence-electron chi connectivity index (χ0n) is 5.63. The lowest BCUT2D eigenvalue weighted by atomic mass is 10.2. The summed E-state index contributed by atoms with van der Waals surface area (Å²) < 4.78 is 0. The average Bonchev–Trinajstić information content (AvgIpc) is 2.34. The predicted octanol–water partition coefficient (Wildman–Crippen LogP) is 3.11. The third-order valence-corrected chi connectivity index (χ3v) is 2.30. The van der Waals surface area contributed by atoms with Crippen molar-refractivity contribution in [2.75, 3.05) is 0 Å². The van der Waals surface area contributed by atoms with Gasteiger partial charge >= 0.3 is 0 Å². The largest absolute Gasteiger partial charge is 0.360 e. The maximum absolute atomic E-state index is 5.93. The second-order valence-electron chi connectivity index (χ2n) is 2.34. The van der Waals surface area contributed by atoms with Gasteiger partial charge in [-0.1, -0.05) is 17.7 Å². The van der Waals surface area contributed by atoms with Crippen molar-refractivity contribution in [3.63, 3.8) is 0 Å². The predicted molar refractivity (Wildman–Crippen MR) is 50.6 cm³/mol. The SMILES string of the molecule is Sc1c[nH]c2cccc(Cl)c12. The number of halogens is 1. The molecule has 0 spiro atoms. The number of hydrogen-bond donors (Lipinski definition) is 2. The van der Waals surface area contributed by atoms with Crippen LogP contribution in [0.25, 0.3) is 10.9 Å². The summed E-state index contributed by atoms with van der Waals surface area (Å²) in [5.74, 6) is 0. The molecule has 1 N–H and O–H groups in total. The third-order valence-electron chi connectivity index (χ3n) is 1.63. The summed E-state index contributed by atoms with van der Waals surface area (Å²) in [6.45, 7) is 0. The first-order valence-corrected chi connectivity index (χ1v) is 4.06. The van der Waals surface area contributed by atoms with Crippen molar-refractivity contribution in [3.05, 3.63) is 29.4 Å². The Balaban J connectivity index is 2.96. The molecule has 0 unspecified atom stereocenters. The molecule has 0 aliphatic rings. The summed E-state index contributed by atoms with van der Waals surface area (Å²) in [5, 5.41) is 1.74. The zero-order valence-corrected chi connectivity index (χ0v) is 7.28. The van der Waals surface area contributed by atoms with Gasteiger partial charge in [0, 0.05) is 22.0 Å². The van der Waals surface area contributed by atoms with Crippen LogP contribution >= 0.6 is 24.2 Å². The third kappa shape index (κ3) is 1.03. The fraction of sp³-hybridized carbons (Fsp3) is 0. The van der Waals surface area contributed by atoms with E-state index in [9.17, 15) is 0 Å². The lowest BCUT2D eigenvalue weighted by Gasteiger charge is -1.92. The number of aromatic nitrogens is 1. The topological polar surface area (TPSA) is 15.8 Å². The van der Waals surface area contributed by atoms with Gasteiger partial charge in [0.25, 0.3) is 0 Å². The number of rotatable bonds is 0. The second kappa shape index (κ2) is 2.47. The quantitative estimate of drug-likeness (QED) is 0.584. The number of fused-ring (bicyclic) bond motifs is 1. The van der Waals surface area contributed by atoms with E-state index in [1.807, 2.05) is 24.4 Å². The van der Waals surface area contributed by atoms with Crippen LogP contribution in [0.3, 0.4) is 0 Å². The van der Waals surface area contributed by atoms with E-state index in [0.29, 0.717) is 0 Å². The highest BCUT2D eigenvalue weighted by atomic mass is 35.5. The molecule has 2 aromatic rings. The Morgan fingerprint density at radius 1 is 1.36 bits per heavy atom. The molecule has 0 atom stereocenters. The molecule has 1 aromatic carbocycles. The lowest BCUT2D eigenvalue weighted by molar-refractivity contribution is 1.42. The van der Waals surface area contributed by atoms with Crippen LogP contribution in [-0.4, -0.2) is 4.98 Å². The maximum Gasteiger partial charge on any atom is 0.0511 e. The number of nitrogens with one attached hydrogen (secondary N) is 1. The smallest absolute Gasteiger partial charge is 0.0511 e. The summed E-state index contributed by atoms with van der Waals surface area (Å²) >= 11 is 10.2. The molecule has 0 amide bonds. The van der Waals surface area contributed by atoms with Crippen LogP contribution in [0.4, 0.5) is 0 Å². The molecule has 11 heavy (non-hydrogen) atoms. The molecule has 1 nitrogen and oxygen atoms in total. The van der Waals surface area contributed by atoms with E-state index in [1.165, 1.54) is 0 Å². The van der Waals surface area contributed by atoms with Crippen LogP contribution in [0.15, 0.2) is 29.3 Å². The summed E-state index contributed by atoms with van der Waals surface area (Å²) in [7, 11) is 0. The minimum absolute atomic E-state index is 0.744. The van der Waals surface area contributed by atoms with Gasteiger partial charge in [-0.3, -0.25) is 0 Å². The second-order valence-corrected chi connectivity index (χ2v) is 3.23. The van der Waals surface area contributed by atoms with E-state index >= 15 is 0 Å². The molecule has 56 valence electrons. The molecule has 1 aromatic heterocycles. The van der Waals surface area contributed by atoms with Gasteiger partial charge in [-0.15, -0.1) is 12.6 Å². The van der Waals surface area contributed by atoms with Gasteiger partial charge in [-0.05, 0) is 12.1 Å². The lowest BCUT2D eigenvalue weighted by Crippen LogP contribution is -1.67. The Morgan fingerprint density at radius 2 is 2.18 bits per heavy atom. The van der Waals surface area contributed by atoms with Gasteiger partial charge in [0.15, 0.2) is 0 Å². The van der Waals surface area contributed by atoms with E-state index < -0.39 is 0 Å². The van der Waals surface area contributed by atoms with Gasteiger partial charge in [0.1, 0.15) is 0 Å². The number of hydrogen-bond acceptors (Lipinski definition) is 1. The first-order chi connectivity index (χ1) is 5.29. The summed E-state index contributed by atoms with van der Waals surface area (Å²) in [5.41, 5.74) is 1.03. The molecule has 0 aliphatic heterocycles.